The monoisotopic (exact) mass is 185 g/mol. The normalized spacial score (nSPS) is 32.2. The Morgan fingerprint density at radius 2 is 2.25 bits per heavy atom. The lowest BCUT2D eigenvalue weighted by molar-refractivity contribution is 0.430. The summed E-state index contributed by atoms with van der Waals surface area (Å²) in [6.07, 6.45) is 1.01. The van der Waals surface area contributed by atoms with Crippen molar-refractivity contribution in [1.29, 1.82) is 0 Å². The first-order valence-electron chi connectivity index (χ1n) is 4.23. The zero-order valence-corrected chi connectivity index (χ0v) is 8.85. The van der Waals surface area contributed by atoms with Crippen molar-refractivity contribution in [3.63, 3.8) is 0 Å². The summed E-state index contributed by atoms with van der Waals surface area (Å²) < 4.78 is 0. The van der Waals surface area contributed by atoms with Gasteiger partial charge in [0.15, 0.2) is 0 Å². The van der Waals surface area contributed by atoms with Crippen LogP contribution >= 0.6 is 11.8 Å². The van der Waals surface area contributed by atoms with Gasteiger partial charge in [-0.05, 0) is 12.3 Å². The molecule has 1 aliphatic rings. The van der Waals surface area contributed by atoms with Gasteiger partial charge in [-0.3, -0.25) is 4.99 Å². The third kappa shape index (κ3) is 1.53. The average Bonchev–Trinajstić information content (AvgIpc) is 2.48. The summed E-state index contributed by atoms with van der Waals surface area (Å²) in [5.74, 6) is 0.510. The van der Waals surface area contributed by atoms with Gasteiger partial charge in [0.1, 0.15) is 4.87 Å². The number of hydrogen-bond donors (Lipinski definition) is 0. The molecule has 0 saturated carbocycles. The molecule has 0 bridgehead atoms. The molecule has 1 unspecified atom stereocenters. The quantitative estimate of drug-likeness (QED) is 0.651. The van der Waals surface area contributed by atoms with Gasteiger partial charge in [-0.15, -0.1) is 5.11 Å². The van der Waals surface area contributed by atoms with E-state index in [1.807, 2.05) is 0 Å². The van der Waals surface area contributed by atoms with Crippen molar-refractivity contribution in [3.8, 4) is 0 Å². The molecule has 4 heteroatoms. The molecule has 0 aromatic heterocycles. The van der Waals surface area contributed by atoms with E-state index in [1.54, 1.807) is 18.8 Å². The fraction of sp³-hybridized carbons (Fsp3) is 0.875. The summed E-state index contributed by atoms with van der Waals surface area (Å²) in [5.41, 5.74) is 0. The molecule has 0 aromatic rings. The first kappa shape index (κ1) is 9.71. The van der Waals surface area contributed by atoms with Crippen molar-refractivity contribution in [3.05, 3.63) is 0 Å². The van der Waals surface area contributed by atoms with Crippen molar-refractivity contribution in [1.82, 2.24) is 0 Å². The molecule has 12 heavy (non-hydrogen) atoms. The van der Waals surface area contributed by atoms with E-state index in [0.29, 0.717) is 5.92 Å². The van der Waals surface area contributed by atoms with Crippen molar-refractivity contribution in [2.75, 3.05) is 7.05 Å². The van der Waals surface area contributed by atoms with Crippen molar-refractivity contribution >= 4 is 16.9 Å². The van der Waals surface area contributed by atoms with Crippen LogP contribution in [0, 0.1) is 5.92 Å². The van der Waals surface area contributed by atoms with Gasteiger partial charge < -0.3 is 0 Å². The Morgan fingerprint density at radius 3 is 2.50 bits per heavy atom. The fourth-order valence-corrected chi connectivity index (χ4v) is 2.15. The van der Waals surface area contributed by atoms with Crippen LogP contribution in [0.5, 0.6) is 0 Å². The van der Waals surface area contributed by atoms with Crippen LogP contribution in [0.2, 0.25) is 0 Å². The molecule has 0 aromatic carbocycles. The van der Waals surface area contributed by atoms with Gasteiger partial charge in [-0.1, -0.05) is 32.5 Å². The third-order valence-corrected chi connectivity index (χ3v) is 3.81. The first-order chi connectivity index (χ1) is 5.64. The van der Waals surface area contributed by atoms with E-state index in [-0.39, 0.29) is 4.87 Å². The second-order valence-electron chi connectivity index (χ2n) is 3.16. The summed E-state index contributed by atoms with van der Waals surface area (Å²) in [5, 5.41) is 9.14. The predicted octanol–water partition coefficient (Wildman–Crippen LogP) is 2.93. The maximum absolute atomic E-state index is 4.29. The lowest BCUT2D eigenvalue weighted by atomic mass is 10.0. The summed E-state index contributed by atoms with van der Waals surface area (Å²) in [4.78, 5) is 3.99. The highest BCUT2D eigenvalue weighted by Crippen LogP contribution is 2.43. The van der Waals surface area contributed by atoms with Crippen LogP contribution in [-0.4, -0.2) is 17.1 Å². The SMILES string of the molecule is CCC1(C(C)C)N=NC(=NC)S1. The standard InChI is InChI=1S/C8H15N3S/c1-5-8(6(2)3)11-10-7(9-4)12-8/h6H,5H2,1-4H3. The number of thioether (sulfide) groups is 1. The van der Waals surface area contributed by atoms with E-state index < -0.39 is 0 Å². The lowest BCUT2D eigenvalue weighted by Gasteiger charge is -2.25. The van der Waals surface area contributed by atoms with Crippen LogP contribution in [-0.2, 0) is 0 Å². The number of nitrogens with zero attached hydrogens (tertiary/aromatic N) is 3. The molecule has 0 fully saturated rings. The maximum Gasteiger partial charge on any atom is 0.206 e. The highest BCUT2D eigenvalue weighted by atomic mass is 32.2. The largest absolute Gasteiger partial charge is 0.263 e. The molecule has 1 rings (SSSR count). The topological polar surface area (TPSA) is 37.1 Å². The predicted molar refractivity (Wildman–Crippen MR) is 53.7 cm³/mol. The van der Waals surface area contributed by atoms with Gasteiger partial charge in [0.05, 0.1) is 0 Å². The van der Waals surface area contributed by atoms with Gasteiger partial charge in [0.2, 0.25) is 5.17 Å². The highest BCUT2D eigenvalue weighted by Gasteiger charge is 2.38. The van der Waals surface area contributed by atoms with Crippen LogP contribution in [0.4, 0.5) is 0 Å². The Labute approximate surface area is 77.8 Å². The van der Waals surface area contributed by atoms with Gasteiger partial charge >= 0.3 is 0 Å². The van der Waals surface area contributed by atoms with E-state index in [1.165, 1.54) is 0 Å². The molecule has 0 N–H and O–H groups in total. The molecule has 0 spiro atoms. The zero-order valence-electron chi connectivity index (χ0n) is 8.03. The summed E-state index contributed by atoms with van der Waals surface area (Å²) in [7, 11) is 1.76. The lowest BCUT2D eigenvalue weighted by Crippen LogP contribution is -2.25. The number of rotatable bonds is 2. The van der Waals surface area contributed by atoms with Gasteiger partial charge in [-0.2, -0.15) is 5.11 Å². The van der Waals surface area contributed by atoms with Gasteiger partial charge in [-0.25, -0.2) is 0 Å². The number of aliphatic imine (C=N–C) groups is 1. The number of azo groups is 1. The van der Waals surface area contributed by atoms with E-state index >= 15 is 0 Å². The van der Waals surface area contributed by atoms with Crippen LogP contribution in [0.3, 0.4) is 0 Å². The number of amidine groups is 1. The van der Waals surface area contributed by atoms with Crippen molar-refractivity contribution in [2.45, 2.75) is 32.1 Å². The Morgan fingerprint density at radius 1 is 1.58 bits per heavy atom. The van der Waals surface area contributed by atoms with Crippen LogP contribution in [0.25, 0.3) is 0 Å². The summed E-state index contributed by atoms with van der Waals surface area (Å²) in [6, 6.07) is 0. The fourth-order valence-electron chi connectivity index (χ4n) is 1.20. The minimum absolute atomic E-state index is 0.0468. The molecule has 0 radical (unpaired) electrons. The second-order valence-corrected chi connectivity index (χ2v) is 4.44. The number of hydrogen-bond acceptors (Lipinski definition) is 3. The molecule has 1 heterocycles. The van der Waals surface area contributed by atoms with E-state index in [9.17, 15) is 0 Å². The molecule has 1 aliphatic heterocycles. The van der Waals surface area contributed by atoms with E-state index in [4.69, 9.17) is 0 Å². The van der Waals surface area contributed by atoms with E-state index in [0.717, 1.165) is 11.6 Å². The summed E-state index contributed by atoms with van der Waals surface area (Å²) >= 11 is 1.68. The van der Waals surface area contributed by atoms with Crippen LogP contribution in [0.15, 0.2) is 15.2 Å². The van der Waals surface area contributed by atoms with Crippen molar-refractivity contribution < 1.29 is 0 Å². The smallest absolute Gasteiger partial charge is 0.206 e. The Balaban J connectivity index is 2.82. The molecule has 3 nitrogen and oxygen atoms in total. The molecule has 0 amide bonds. The average molecular weight is 185 g/mol. The molecule has 0 saturated heterocycles. The zero-order chi connectivity index (χ0) is 9.19. The Hall–Kier alpha value is -0.380. The first-order valence-corrected chi connectivity index (χ1v) is 5.05. The van der Waals surface area contributed by atoms with Gasteiger partial charge in [0.25, 0.3) is 0 Å². The van der Waals surface area contributed by atoms with Gasteiger partial charge in [0, 0.05) is 7.05 Å². The highest BCUT2D eigenvalue weighted by molar-refractivity contribution is 8.15. The Bertz CT molecular complexity index is 222. The third-order valence-electron chi connectivity index (χ3n) is 2.17. The molecule has 68 valence electrons. The summed E-state index contributed by atoms with van der Waals surface area (Å²) in [6.45, 7) is 6.49. The van der Waals surface area contributed by atoms with Crippen LogP contribution in [0.1, 0.15) is 27.2 Å². The Kier molecular flexibility index (Phi) is 2.88. The maximum atomic E-state index is 4.29. The van der Waals surface area contributed by atoms with Crippen molar-refractivity contribution in [2.24, 2.45) is 21.1 Å². The molecular formula is C8H15N3S. The molecule has 0 aliphatic carbocycles. The molecule has 1 atom stereocenters. The van der Waals surface area contributed by atoms with Crippen LogP contribution < -0.4 is 0 Å². The minimum atomic E-state index is -0.0468. The molecular weight excluding hydrogens is 170 g/mol. The second kappa shape index (κ2) is 3.56. The van der Waals surface area contributed by atoms with E-state index in [2.05, 4.69) is 36.0 Å². The minimum Gasteiger partial charge on any atom is -0.263 e.